The molecular weight excluding hydrogens is 581 g/mol. The van der Waals surface area contributed by atoms with E-state index in [-0.39, 0.29) is 0 Å². The number of nitrogens with zero attached hydrogens (tertiary/aromatic N) is 5. The Hall–Kier alpha value is -2.84. The third kappa shape index (κ3) is 7.46. The summed E-state index contributed by atoms with van der Waals surface area (Å²) in [7, 11) is -0.826. The van der Waals surface area contributed by atoms with E-state index in [2.05, 4.69) is 47.4 Å². The van der Waals surface area contributed by atoms with Crippen molar-refractivity contribution >= 4 is 52.9 Å². The highest BCUT2D eigenvalue weighted by molar-refractivity contribution is 7.70. The molecule has 3 aromatic rings. The standard InChI is InChI=1S/C32H43ClN7O2P/c1-42-29-20-25(39-14-12-24(13-15-39)40-18-16-38(17-19-40)22-23-8-9-23)10-11-27(29)36-32-34-21-26(33)31(37-32)35-28-6-4-5-7-30(28)43(2,3)41/h4-7,10-11,20-21,23-24H,8-9,12-19,22H2,1-3H3,(H2,34,35,36,37). The average Bonchev–Trinajstić information content (AvgIpc) is 3.83. The third-order valence-electron chi connectivity index (χ3n) is 8.88. The van der Waals surface area contributed by atoms with Crippen LogP contribution in [-0.4, -0.2) is 92.1 Å². The van der Waals surface area contributed by atoms with Crippen LogP contribution in [0, 0.1) is 5.92 Å². The van der Waals surface area contributed by atoms with Crippen molar-refractivity contribution in [1.29, 1.82) is 0 Å². The zero-order chi connectivity index (χ0) is 30.0. The molecule has 3 fully saturated rings. The quantitative estimate of drug-likeness (QED) is 0.269. The fraction of sp³-hybridized carbons (Fsp3) is 0.500. The second-order valence-corrected chi connectivity index (χ2v) is 16.0. The number of para-hydroxylation sites is 1. The van der Waals surface area contributed by atoms with Gasteiger partial charge in [-0.15, -0.1) is 0 Å². The van der Waals surface area contributed by atoms with Crippen LogP contribution in [-0.2, 0) is 4.57 Å². The van der Waals surface area contributed by atoms with E-state index in [1.807, 2.05) is 30.3 Å². The highest BCUT2D eigenvalue weighted by Crippen LogP contribution is 2.39. The molecule has 0 bridgehead atoms. The third-order valence-corrected chi connectivity index (χ3v) is 10.7. The van der Waals surface area contributed by atoms with E-state index < -0.39 is 7.14 Å². The Morgan fingerprint density at radius 3 is 2.40 bits per heavy atom. The van der Waals surface area contributed by atoms with Gasteiger partial charge < -0.3 is 29.7 Å². The van der Waals surface area contributed by atoms with Crippen molar-refractivity contribution in [2.75, 3.05) is 81.8 Å². The molecule has 0 radical (unpaired) electrons. The second kappa shape index (κ2) is 13.0. The van der Waals surface area contributed by atoms with Crippen molar-refractivity contribution < 1.29 is 9.30 Å². The van der Waals surface area contributed by atoms with Gasteiger partial charge in [-0.25, -0.2) is 4.98 Å². The SMILES string of the molecule is COc1cc(N2CCC(N3CCN(CC4CC4)CC3)CC2)ccc1Nc1ncc(Cl)c(Nc2ccccc2P(C)(C)=O)n1. The summed E-state index contributed by atoms with van der Waals surface area (Å²) >= 11 is 6.45. The van der Waals surface area contributed by atoms with Gasteiger partial charge in [0.05, 0.1) is 24.7 Å². The van der Waals surface area contributed by atoms with Gasteiger partial charge in [-0.05, 0) is 69.2 Å². The van der Waals surface area contributed by atoms with Crippen molar-refractivity contribution in [2.24, 2.45) is 5.92 Å². The molecule has 6 rings (SSSR count). The first-order valence-corrected chi connectivity index (χ1v) is 18.4. The number of hydrogen-bond acceptors (Lipinski definition) is 9. The number of hydrogen-bond donors (Lipinski definition) is 2. The predicted octanol–water partition coefficient (Wildman–Crippen LogP) is 5.87. The van der Waals surface area contributed by atoms with Crippen LogP contribution >= 0.6 is 18.7 Å². The molecule has 1 saturated carbocycles. The molecule has 2 N–H and O–H groups in total. The fourth-order valence-corrected chi connectivity index (χ4v) is 7.55. The second-order valence-electron chi connectivity index (χ2n) is 12.4. The molecule has 2 aliphatic heterocycles. The number of halogens is 1. The van der Waals surface area contributed by atoms with Crippen LogP contribution in [0.4, 0.5) is 28.8 Å². The number of anilines is 5. The van der Waals surface area contributed by atoms with E-state index in [4.69, 9.17) is 16.3 Å². The Morgan fingerprint density at radius 1 is 0.953 bits per heavy atom. The van der Waals surface area contributed by atoms with Gasteiger partial charge in [0, 0.05) is 68.9 Å². The molecule has 2 saturated heterocycles. The van der Waals surface area contributed by atoms with Crippen molar-refractivity contribution in [3.05, 3.63) is 53.7 Å². The summed E-state index contributed by atoms with van der Waals surface area (Å²) in [6.45, 7) is 11.8. The Bertz CT molecular complexity index is 1460. The van der Waals surface area contributed by atoms with E-state index in [0.717, 1.165) is 41.4 Å². The predicted molar refractivity (Wildman–Crippen MR) is 178 cm³/mol. The van der Waals surface area contributed by atoms with Gasteiger partial charge in [-0.1, -0.05) is 23.7 Å². The molecule has 43 heavy (non-hydrogen) atoms. The molecule has 9 nitrogen and oxygen atoms in total. The van der Waals surface area contributed by atoms with Crippen LogP contribution in [0.1, 0.15) is 25.7 Å². The lowest BCUT2D eigenvalue weighted by atomic mass is 10.0. The molecule has 1 aliphatic carbocycles. The zero-order valence-corrected chi connectivity index (χ0v) is 27.1. The number of piperidine rings is 1. The van der Waals surface area contributed by atoms with Gasteiger partial charge >= 0.3 is 0 Å². The van der Waals surface area contributed by atoms with Crippen molar-refractivity contribution in [3.63, 3.8) is 0 Å². The van der Waals surface area contributed by atoms with Gasteiger partial charge in [0.15, 0.2) is 5.82 Å². The fourth-order valence-electron chi connectivity index (χ4n) is 6.26. The molecule has 0 amide bonds. The van der Waals surface area contributed by atoms with Gasteiger partial charge in [0.2, 0.25) is 5.95 Å². The largest absolute Gasteiger partial charge is 0.494 e. The summed E-state index contributed by atoms with van der Waals surface area (Å²) in [6.07, 6.45) is 6.81. The Kier molecular flexibility index (Phi) is 9.15. The normalized spacial score (nSPS) is 18.9. The molecule has 230 valence electrons. The molecule has 11 heteroatoms. The molecule has 3 heterocycles. The van der Waals surface area contributed by atoms with Gasteiger partial charge in [-0.3, -0.25) is 4.90 Å². The van der Waals surface area contributed by atoms with Gasteiger partial charge in [-0.2, -0.15) is 4.98 Å². The van der Waals surface area contributed by atoms with Crippen LogP contribution in [0.2, 0.25) is 5.02 Å². The maximum absolute atomic E-state index is 12.8. The Morgan fingerprint density at radius 2 is 1.70 bits per heavy atom. The number of ether oxygens (including phenoxy) is 1. The van der Waals surface area contributed by atoms with E-state index >= 15 is 0 Å². The van der Waals surface area contributed by atoms with Crippen LogP contribution in [0.5, 0.6) is 5.75 Å². The lowest BCUT2D eigenvalue weighted by molar-refractivity contribution is 0.0825. The minimum absolute atomic E-state index is 0.369. The lowest BCUT2D eigenvalue weighted by Gasteiger charge is -2.43. The average molecular weight is 624 g/mol. The zero-order valence-electron chi connectivity index (χ0n) is 25.4. The van der Waals surface area contributed by atoms with E-state index in [1.165, 1.54) is 58.4 Å². The number of benzene rings is 2. The van der Waals surface area contributed by atoms with Crippen LogP contribution < -0.4 is 25.6 Å². The summed E-state index contributed by atoms with van der Waals surface area (Å²) in [4.78, 5) is 16.9. The number of rotatable bonds is 10. The summed E-state index contributed by atoms with van der Waals surface area (Å²) in [5, 5.41) is 7.66. The maximum atomic E-state index is 12.8. The number of piperazine rings is 1. The first kappa shape index (κ1) is 30.2. The van der Waals surface area contributed by atoms with E-state index in [1.54, 1.807) is 26.6 Å². The summed E-state index contributed by atoms with van der Waals surface area (Å²) < 4.78 is 18.6. The first-order valence-electron chi connectivity index (χ1n) is 15.4. The summed E-state index contributed by atoms with van der Waals surface area (Å²) in [6, 6.07) is 14.4. The van der Waals surface area contributed by atoms with E-state index in [0.29, 0.717) is 28.5 Å². The number of methoxy groups -OCH3 is 1. The molecular formula is C32H43ClN7O2P. The lowest BCUT2D eigenvalue weighted by Crippen LogP contribution is -2.53. The molecule has 0 unspecified atom stereocenters. The summed E-state index contributed by atoms with van der Waals surface area (Å²) in [5.41, 5.74) is 2.64. The van der Waals surface area contributed by atoms with Crippen LogP contribution in [0.3, 0.4) is 0 Å². The van der Waals surface area contributed by atoms with Crippen molar-refractivity contribution in [3.8, 4) is 5.75 Å². The summed E-state index contributed by atoms with van der Waals surface area (Å²) in [5.74, 6) is 2.52. The van der Waals surface area contributed by atoms with Crippen LogP contribution in [0.25, 0.3) is 0 Å². The smallest absolute Gasteiger partial charge is 0.229 e. The van der Waals surface area contributed by atoms with Crippen molar-refractivity contribution in [1.82, 2.24) is 19.8 Å². The number of aromatic nitrogens is 2. The molecule has 3 aliphatic rings. The minimum atomic E-state index is -2.51. The minimum Gasteiger partial charge on any atom is -0.494 e. The Labute approximate surface area is 260 Å². The monoisotopic (exact) mass is 623 g/mol. The first-order chi connectivity index (χ1) is 20.8. The van der Waals surface area contributed by atoms with Gasteiger partial charge in [0.25, 0.3) is 0 Å². The molecule has 1 aromatic heterocycles. The highest BCUT2D eigenvalue weighted by atomic mass is 35.5. The maximum Gasteiger partial charge on any atom is 0.229 e. The molecule has 0 spiro atoms. The van der Waals surface area contributed by atoms with Crippen molar-refractivity contribution in [2.45, 2.75) is 31.7 Å². The molecule has 2 aromatic carbocycles. The topological polar surface area (TPSA) is 85.9 Å². The van der Waals surface area contributed by atoms with Crippen LogP contribution in [0.15, 0.2) is 48.7 Å². The Balaban J connectivity index is 1.08. The molecule has 0 atom stereocenters. The number of nitrogens with one attached hydrogen (secondary N) is 2. The van der Waals surface area contributed by atoms with Gasteiger partial charge in [0.1, 0.15) is 17.9 Å². The highest BCUT2D eigenvalue weighted by Gasteiger charge is 2.30. The van der Waals surface area contributed by atoms with E-state index in [9.17, 15) is 4.57 Å².